The fourth-order valence-corrected chi connectivity index (χ4v) is 1.95. The summed E-state index contributed by atoms with van der Waals surface area (Å²) in [5.41, 5.74) is 1.00. The van der Waals surface area contributed by atoms with Crippen molar-refractivity contribution in [2.24, 2.45) is 0 Å². The van der Waals surface area contributed by atoms with E-state index in [0.29, 0.717) is 0 Å². The SMILES string of the molecule is CN1CCCCc2cc(C#N)c(=O)[nH]c21. The van der Waals surface area contributed by atoms with E-state index in [1.54, 1.807) is 6.07 Å². The van der Waals surface area contributed by atoms with E-state index in [4.69, 9.17) is 5.26 Å². The molecule has 0 saturated heterocycles. The standard InChI is InChI=1S/C11H13N3O/c1-14-5-3-2-4-8-6-9(7-12)11(15)13-10(8)14/h6H,2-5H2,1H3,(H,13,15). The second kappa shape index (κ2) is 3.77. The lowest BCUT2D eigenvalue weighted by Gasteiger charge is -2.18. The van der Waals surface area contributed by atoms with Gasteiger partial charge in [0.15, 0.2) is 0 Å². The number of aromatic nitrogens is 1. The van der Waals surface area contributed by atoms with Gasteiger partial charge in [-0.1, -0.05) is 0 Å². The van der Waals surface area contributed by atoms with Crippen LogP contribution >= 0.6 is 0 Å². The van der Waals surface area contributed by atoms with Crippen molar-refractivity contribution in [3.05, 3.63) is 27.5 Å². The van der Waals surface area contributed by atoms with Crippen molar-refractivity contribution in [2.45, 2.75) is 19.3 Å². The zero-order chi connectivity index (χ0) is 10.8. The first-order valence-corrected chi connectivity index (χ1v) is 5.10. The molecule has 0 bridgehead atoms. The number of nitrogens with zero attached hydrogens (tertiary/aromatic N) is 2. The molecule has 1 aromatic heterocycles. The number of nitriles is 1. The monoisotopic (exact) mass is 203 g/mol. The van der Waals surface area contributed by atoms with Gasteiger partial charge in [0.25, 0.3) is 5.56 Å². The van der Waals surface area contributed by atoms with Crippen LogP contribution in [-0.4, -0.2) is 18.6 Å². The summed E-state index contributed by atoms with van der Waals surface area (Å²) < 4.78 is 0. The summed E-state index contributed by atoms with van der Waals surface area (Å²) in [4.78, 5) is 16.3. The van der Waals surface area contributed by atoms with Crippen LogP contribution in [0.15, 0.2) is 10.9 Å². The first-order chi connectivity index (χ1) is 7.22. The number of hydrogen-bond acceptors (Lipinski definition) is 3. The van der Waals surface area contributed by atoms with Gasteiger partial charge in [0.05, 0.1) is 0 Å². The third-order valence-electron chi connectivity index (χ3n) is 2.79. The van der Waals surface area contributed by atoms with Crippen molar-refractivity contribution < 1.29 is 0 Å². The van der Waals surface area contributed by atoms with Crippen LogP contribution in [0.4, 0.5) is 5.82 Å². The summed E-state index contributed by atoms with van der Waals surface area (Å²) in [6, 6.07) is 3.64. The first kappa shape index (κ1) is 9.78. The van der Waals surface area contributed by atoms with E-state index < -0.39 is 0 Å². The van der Waals surface area contributed by atoms with Crippen LogP contribution in [0.5, 0.6) is 0 Å². The summed E-state index contributed by atoms with van der Waals surface area (Å²) in [5, 5.41) is 8.77. The smallest absolute Gasteiger partial charge is 0.267 e. The maximum absolute atomic E-state index is 11.5. The largest absolute Gasteiger partial charge is 0.361 e. The molecule has 78 valence electrons. The average molecular weight is 203 g/mol. The summed E-state index contributed by atoms with van der Waals surface area (Å²) in [6.07, 6.45) is 3.16. The average Bonchev–Trinajstić information content (AvgIpc) is 2.40. The number of nitrogens with one attached hydrogen (secondary N) is 1. The van der Waals surface area contributed by atoms with Gasteiger partial charge in [-0.25, -0.2) is 0 Å². The summed E-state index contributed by atoms with van der Waals surface area (Å²) in [6.45, 7) is 0.953. The molecule has 2 rings (SSSR count). The van der Waals surface area contributed by atoms with Crippen molar-refractivity contribution in [1.29, 1.82) is 5.26 Å². The van der Waals surface area contributed by atoms with Crippen molar-refractivity contribution in [3.63, 3.8) is 0 Å². The fourth-order valence-electron chi connectivity index (χ4n) is 1.95. The molecule has 1 aliphatic rings. The lowest BCUT2D eigenvalue weighted by molar-refractivity contribution is 0.748. The van der Waals surface area contributed by atoms with E-state index in [-0.39, 0.29) is 11.1 Å². The number of hydrogen-bond donors (Lipinski definition) is 1. The quantitative estimate of drug-likeness (QED) is 0.684. The van der Waals surface area contributed by atoms with Gasteiger partial charge >= 0.3 is 0 Å². The molecule has 2 heterocycles. The normalized spacial score (nSPS) is 15.3. The van der Waals surface area contributed by atoms with Gasteiger partial charge in [0, 0.05) is 13.6 Å². The van der Waals surface area contributed by atoms with Crippen LogP contribution in [0.3, 0.4) is 0 Å². The van der Waals surface area contributed by atoms with Gasteiger partial charge in [-0.05, 0) is 30.9 Å². The maximum Gasteiger partial charge on any atom is 0.267 e. The Morgan fingerprint density at radius 2 is 2.33 bits per heavy atom. The van der Waals surface area contributed by atoms with Gasteiger partial charge in [-0.15, -0.1) is 0 Å². The zero-order valence-corrected chi connectivity index (χ0v) is 8.71. The number of pyridine rings is 1. The van der Waals surface area contributed by atoms with E-state index in [0.717, 1.165) is 37.2 Å². The molecule has 1 aromatic rings. The minimum Gasteiger partial charge on any atom is -0.361 e. The molecule has 0 atom stereocenters. The molecule has 4 nitrogen and oxygen atoms in total. The van der Waals surface area contributed by atoms with E-state index in [1.165, 1.54) is 0 Å². The molecule has 0 aliphatic carbocycles. The number of rotatable bonds is 0. The topological polar surface area (TPSA) is 59.9 Å². The molecule has 0 radical (unpaired) electrons. The molecule has 15 heavy (non-hydrogen) atoms. The molecule has 0 saturated carbocycles. The highest BCUT2D eigenvalue weighted by Crippen LogP contribution is 2.21. The van der Waals surface area contributed by atoms with Crippen LogP contribution < -0.4 is 10.5 Å². The Morgan fingerprint density at radius 3 is 3.07 bits per heavy atom. The molecule has 1 N–H and O–H groups in total. The number of anilines is 1. The molecule has 0 aromatic carbocycles. The van der Waals surface area contributed by atoms with Crippen molar-refractivity contribution in [2.75, 3.05) is 18.5 Å². The molecule has 0 unspecified atom stereocenters. The molecular weight excluding hydrogens is 190 g/mol. The maximum atomic E-state index is 11.5. The van der Waals surface area contributed by atoms with Crippen LogP contribution in [0.2, 0.25) is 0 Å². The minimum atomic E-state index is -0.287. The van der Waals surface area contributed by atoms with E-state index in [2.05, 4.69) is 4.98 Å². The Balaban J connectivity index is 2.58. The minimum absolute atomic E-state index is 0.212. The Labute approximate surface area is 88.1 Å². The highest BCUT2D eigenvalue weighted by atomic mass is 16.1. The summed E-state index contributed by atoms with van der Waals surface area (Å²) in [5.74, 6) is 0.872. The summed E-state index contributed by atoms with van der Waals surface area (Å²) in [7, 11) is 1.96. The molecule has 4 heteroatoms. The second-order valence-corrected chi connectivity index (χ2v) is 3.88. The number of fused-ring (bicyclic) bond motifs is 1. The highest BCUT2D eigenvalue weighted by Gasteiger charge is 2.14. The lowest BCUT2D eigenvalue weighted by atomic mass is 10.1. The van der Waals surface area contributed by atoms with Crippen LogP contribution in [0, 0.1) is 11.3 Å². The van der Waals surface area contributed by atoms with E-state index >= 15 is 0 Å². The van der Waals surface area contributed by atoms with Crippen LogP contribution in [-0.2, 0) is 6.42 Å². The third kappa shape index (κ3) is 1.73. The molecular formula is C11H13N3O. The summed E-state index contributed by atoms with van der Waals surface area (Å²) >= 11 is 0. The molecule has 0 amide bonds. The zero-order valence-electron chi connectivity index (χ0n) is 8.71. The first-order valence-electron chi connectivity index (χ1n) is 5.10. The fraction of sp³-hybridized carbons (Fsp3) is 0.455. The van der Waals surface area contributed by atoms with Gasteiger partial charge in [-0.3, -0.25) is 4.79 Å². The molecule has 0 fully saturated rings. The number of H-pyrrole nitrogens is 1. The third-order valence-corrected chi connectivity index (χ3v) is 2.79. The molecule has 1 aliphatic heterocycles. The Kier molecular flexibility index (Phi) is 2.46. The van der Waals surface area contributed by atoms with Crippen molar-refractivity contribution in [1.82, 2.24) is 4.98 Å². The van der Waals surface area contributed by atoms with Crippen LogP contribution in [0.1, 0.15) is 24.0 Å². The Bertz CT molecular complexity index is 470. The Hall–Kier alpha value is -1.76. The number of aryl methyl sites for hydroxylation is 1. The van der Waals surface area contributed by atoms with Crippen LogP contribution in [0.25, 0.3) is 0 Å². The lowest BCUT2D eigenvalue weighted by Crippen LogP contribution is -2.23. The van der Waals surface area contributed by atoms with E-state index in [9.17, 15) is 4.79 Å². The predicted octanol–water partition coefficient (Wildman–Crippen LogP) is 1.02. The van der Waals surface area contributed by atoms with Crippen molar-refractivity contribution in [3.8, 4) is 6.07 Å². The van der Waals surface area contributed by atoms with Gasteiger partial charge in [-0.2, -0.15) is 5.26 Å². The van der Waals surface area contributed by atoms with E-state index in [1.807, 2.05) is 18.0 Å². The highest BCUT2D eigenvalue weighted by molar-refractivity contribution is 5.50. The van der Waals surface area contributed by atoms with Gasteiger partial charge < -0.3 is 9.88 Å². The van der Waals surface area contributed by atoms with Crippen molar-refractivity contribution >= 4 is 5.82 Å². The Morgan fingerprint density at radius 1 is 1.53 bits per heavy atom. The van der Waals surface area contributed by atoms with Gasteiger partial charge in [0.2, 0.25) is 0 Å². The predicted molar refractivity (Wildman–Crippen MR) is 58.0 cm³/mol. The molecule has 0 spiro atoms. The second-order valence-electron chi connectivity index (χ2n) is 3.88. The van der Waals surface area contributed by atoms with Gasteiger partial charge in [0.1, 0.15) is 17.5 Å². The number of aromatic amines is 1.